The van der Waals surface area contributed by atoms with E-state index < -0.39 is 17.9 Å². The number of benzene rings is 2. The quantitative estimate of drug-likeness (QED) is 0.209. The Labute approximate surface area is 232 Å². The van der Waals surface area contributed by atoms with Gasteiger partial charge in [-0.15, -0.1) is 0 Å². The molecule has 39 heavy (non-hydrogen) atoms. The third-order valence-corrected chi connectivity index (χ3v) is 5.84. The molecular formula is C30H42N4O5. The highest BCUT2D eigenvalue weighted by molar-refractivity contribution is 5.86. The first kappa shape index (κ1) is 31.5. The highest BCUT2D eigenvalue weighted by atomic mass is 16.5. The van der Waals surface area contributed by atoms with Gasteiger partial charge in [0.15, 0.2) is 0 Å². The number of aryl methyl sites for hydroxylation is 2. The third kappa shape index (κ3) is 10.9. The van der Waals surface area contributed by atoms with Gasteiger partial charge in [-0.05, 0) is 48.6 Å². The third-order valence-electron chi connectivity index (χ3n) is 5.84. The van der Waals surface area contributed by atoms with Crippen LogP contribution in [0.1, 0.15) is 49.9 Å². The van der Waals surface area contributed by atoms with E-state index in [9.17, 15) is 14.4 Å². The summed E-state index contributed by atoms with van der Waals surface area (Å²) in [6.07, 6.45) is 1.83. The molecule has 1 heterocycles. The Hall–Kier alpha value is -3.72. The first-order chi connectivity index (χ1) is 18.6. The number of nitrogens with one attached hydrogen (secondary N) is 1. The van der Waals surface area contributed by atoms with Gasteiger partial charge in [0.05, 0.1) is 44.8 Å². The highest BCUT2D eigenvalue weighted by Gasteiger charge is 2.22. The van der Waals surface area contributed by atoms with Crippen LogP contribution in [0.3, 0.4) is 0 Å². The lowest BCUT2D eigenvalue weighted by Gasteiger charge is -2.31. The van der Waals surface area contributed by atoms with Gasteiger partial charge < -0.3 is 19.7 Å². The number of carbonyl (C=O) groups is 3. The molecular weight excluding hydrogens is 496 g/mol. The van der Waals surface area contributed by atoms with Crippen molar-refractivity contribution in [3.8, 4) is 0 Å². The van der Waals surface area contributed by atoms with Crippen LogP contribution >= 0.6 is 0 Å². The predicted octanol–water partition coefficient (Wildman–Crippen LogP) is 4.34. The van der Waals surface area contributed by atoms with E-state index in [2.05, 4.69) is 36.0 Å². The van der Waals surface area contributed by atoms with E-state index in [0.717, 1.165) is 46.3 Å². The molecule has 1 aliphatic rings. The lowest BCUT2D eigenvalue weighted by Crippen LogP contribution is -2.39. The number of amides is 2. The number of nitrogens with zero attached hydrogens (tertiary/aromatic N) is 3. The highest BCUT2D eigenvalue weighted by Crippen LogP contribution is 2.27. The molecule has 1 saturated heterocycles. The predicted molar refractivity (Wildman–Crippen MR) is 154 cm³/mol. The second-order valence-corrected chi connectivity index (χ2v) is 10.1. The number of para-hydroxylation sites is 1. The maximum absolute atomic E-state index is 12.8. The van der Waals surface area contributed by atoms with Crippen LogP contribution in [0.2, 0.25) is 0 Å². The fourth-order valence-corrected chi connectivity index (χ4v) is 3.85. The van der Waals surface area contributed by atoms with Crippen LogP contribution in [0.5, 0.6) is 0 Å². The number of esters is 1. The fraction of sp³-hybridized carbons (Fsp3) is 0.467. The monoisotopic (exact) mass is 538 g/mol. The zero-order valence-corrected chi connectivity index (χ0v) is 24.0. The van der Waals surface area contributed by atoms with E-state index in [1.165, 1.54) is 13.4 Å². The number of carbonyl (C=O) groups excluding carboxylic acids is 3. The molecule has 3 rings (SSSR count). The Kier molecular flexibility index (Phi) is 13.2. The van der Waals surface area contributed by atoms with Crippen LogP contribution in [0.4, 0.5) is 11.4 Å². The maximum atomic E-state index is 12.8. The van der Waals surface area contributed by atoms with E-state index in [4.69, 9.17) is 9.47 Å². The summed E-state index contributed by atoms with van der Waals surface area (Å²) in [5.74, 6) is -0.0344. The summed E-state index contributed by atoms with van der Waals surface area (Å²) in [4.78, 5) is 44.2. The summed E-state index contributed by atoms with van der Waals surface area (Å²) in [5, 5.41) is 2.88. The molecule has 2 aromatic carbocycles. The van der Waals surface area contributed by atoms with Crippen molar-refractivity contribution in [1.29, 1.82) is 0 Å². The van der Waals surface area contributed by atoms with Crippen molar-refractivity contribution in [2.45, 2.75) is 47.1 Å². The van der Waals surface area contributed by atoms with Crippen LogP contribution in [-0.2, 0) is 23.9 Å². The average molecular weight is 539 g/mol. The second kappa shape index (κ2) is 16.3. The molecule has 0 saturated carbocycles. The number of ether oxygens (including phenoxy) is 2. The van der Waals surface area contributed by atoms with Gasteiger partial charge in [-0.25, -0.2) is 4.99 Å². The topological polar surface area (TPSA) is 101 Å². The lowest BCUT2D eigenvalue weighted by molar-refractivity contribution is -0.141. The summed E-state index contributed by atoms with van der Waals surface area (Å²) < 4.78 is 10.3. The summed E-state index contributed by atoms with van der Waals surface area (Å²) in [5.41, 5.74) is 4.57. The normalized spacial score (nSPS) is 13.9. The largest absolute Gasteiger partial charge is 0.469 e. The van der Waals surface area contributed by atoms with Crippen molar-refractivity contribution in [2.75, 3.05) is 44.9 Å². The molecule has 0 bridgehead atoms. The van der Waals surface area contributed by atoms with Gasteiger partial charge in [0.1, 0.15) is 6.54 Å². The SMILES string of the molecule is CC(C)C.COC(=O)CC(NC(=O)CN(C=O)C=Nc1ccccc1C)c1ccc(C)c(N2CCOCC2)c1. The second-order valence-electron chi connectivity index (χ2n) is 10.1. The number of morpholine rings is 1. The van der Waals surface area contributed by atoms with Crippen molar-refractivity contribution >= 4 is 36.0 Å². The molecule has 0 aliphatic carbocycles. The molecule has 1 N–H and O–H groups in total. The molecule has 9 nitrogen and oxygen atoms in total. The molecule has 1 fully saturated rings. The Bertz CT molecular complexity index is 1110. The minimum atomic E-state index is -0.614. The van der Waals surface area contributed by atoms with Gasteiger partial charge in [-0.1, -0.05) is 51.1 Å². The number of hydrogen-bond donors (Lipinski definition) is 1. The molecule has 1 unspecified atom stereocenters. The fourth-order valence-electron chi connectivity index (χ4n) is 3.85. The standard InChI is InChI=1S/C26H32N4O5.C4H10/c1-19-6-4-5-7-22(19)27-17-29(18-31)16-25(32)28-23(15-26(33)34-3)21-9-8-20(2)24(14-21)30-10-12-35-13-11-30;1-4(2)3/h4-9,14,17-18,23H,10-13,15-16H2,1-3H3,(H,28,32);4H,1-3H3. The molecule has 2 aromatic rings. The lowest BCUT2D eigenvalue weighted by atomic mass is 10.00. The first-order valence-electron chi connectivity index (χ1n) is 13.2. The number of hydrogen-bond acceptors (Lipinski definition) is 7. The minimum Gasteiger partial charge on any atom is -0.469 e. The molecule has 212 valence electrons. The first-order valence-corrected chi connectivity index (χ1v) is 13.2. The molecule has 0 radical (unpaired) electrons. The van der Waals surface area contributed by atoms with Gasteiger partial charge in [0.2, 0.25) is 12.3 Å². The molecule has 0 aromatic heterocycles. The van der Waals surface area contributed by atoms with E-state index in [1.807, 2.05) is 56.3 Å². The van der Waals surface area contributed by atoms with Crippen molar-refractivity contribution in [3.05, 3.63) is 59.2 Å². The Morgan fingerprint density at radius 3 is 2.38 bits per heavy atom. The molecule has 0 spiro atoms. The molecule has 1 aliphatic heterocycles. The van der Waals surface area contributed by atoms with Crippen LogP contribution in [0.15, 0.2) is 47.5 Å². The van der Waals surface area contributed by atoms with Crippen molar-refractivity contribution in [3.63, 3.8) is 0 Å². The van der Waals surface area contributed by atoms with E-state index >= 15 is 0 Å². The zero-order valence-electron chi connectivity index (χ0n) is 24.0. The summed E-state index contributed by atoms with van der Waals surface area (Å²) in [6, 6.07) is 12.7. The average Bonchev–Trinajstić information content (AvgIpc) is 2.91. The molecule has 1 atom stereocenters. The van der Waals surface area contributed by atoms with E-state index in [0.29, 0.717) is 25.3 Å². The van der Waals surface area contributed by atoms with Gasteiger partial charge in [-0.3, -0.25) is 19.3 Å². The van der Waals surface area contributed by atoms with Crippen LogP contribution in [0.25, 0.3) is 0 Å². The number of rotatable bonds is 10. The molecule has 2 amide bonds. The zero-order chi connectivity index (χ0) is 28.8. The summed E-state index contributed by atoms with van der Waals surface area (Å²) >= 11 is 0. The van der Waals surface area contributed by atoms with Crippen LogP contribution in [0, 0.1) is 19.8 Å². The van der Waals surface area contributed by atoms with Gasteiger partial charge in [0, 0.05) is 18.8 Å². The maximum Gasteiger partial charge on any atom is 0.307 e. The van der Waals surface area contributed by atoms with E-state index in [1.54, 1.807) is 0 Å². The van der Waals surface area contributed by atoms with Crippen LogP contribution < -0.4 is 10.2 Å². The van der Waals surface area contributed by atoms with Gasteiger partial charge in [-0.2, -0.15) is 0 Å². The smallest absolute Gasteiger partial charge is 0.307 e. The Morgan fingerprint density at radius 1 is 1.10 bits per heavy atom. The van der Waals surface area contributed by atoms with Gasteiger partial charge in [0.25, 0.3) is 0 Å². The van der Waals surface area contributed by atoms with Crippen molar-refractivity contribution < 1.29 is 23.9 Å². The number of methoxy groups -OCH3 is 1. The Morgan fingerprint density at radius 2 is 1.77 bits per heavy atom. The summed E-state index contributed by atoms with van der Waals surface area (Å²) in [6.45, 7) is 13.0. The van der Waals surface area contributed by atoms with E-state index in [-0.39, 0.29) is 13.0 Å². The van der Waals surface area contributed by atoms with Crippen LogP contribution in [-0.4, -0.2) is 69.5 Å². The minimum absolute atomic E-state index is 0.0355. The van der Waals surface area contributed by atoms with Crippen molar-refractivity contribution in [2.24, 2.45) is 10.9 Å². The summed E-state index contributed by atoms with van der Waals surface area (Å²) in [7, 11) is 1.31. The Balaban J connectivity index is 0.00000124. The molecule has 9 heteroatoms. The van der Waals surface area contributed by atoms with Crippen molar-refractivity contribution in [1.82, 2.24) is 10.2 Å². The number of anilines is 1. The van der Waals surface area contributed by atoms with Gasteiger partial charge >= 0.3 is 5.97 Å². The number of aliphatic imine (C=N–C) groups is 1.